The second kappa shape index (κ2) is 8.32. The van der Waals surface area contributed by atoms with E-state index < -0.39 is 5.91 Å². The highest BCUT2D eigenvalue weighted by Crippen LogP contribution is 2.34. The molecule has 2 aromatic carbocycles. The molecule has 0 radical (unpaired) electrons. The molecule has 0 atom stereocenters. The van der Waals surface area contributed by atoms with E-state index in [1.54, 1.807) is 42.5 Å². The minimum atomic E-state index is -0.496. The van der Waals surface area contributed by atoms with Crippen LogP contribution in [0.4, 0.5) is 5.69 Å². The molecule has 0 unspecified atom stereocenters. The highest BCUT2D eigenvalue weighted by Gasteiger charge is 2.17. The fourth-order valence-corrected chi connectivity index (χ4v) is 3.35. The summed E-state index contributed by atoms with van der Waals surface area (Å²) in [4.78, 5) is 12.4. The van der Waals surface area contributed by atoms with Crippen LogP contribution in [0.5, 0.6) is 11.5 Å². The molecule has 6 nitrogen and oxygen atoms in total. The van der Waals surface area contributed by atoms with Gasteiger partial charge >= 0.3 is 0 Å². The van der Waals surface area contributed by atoms with Crippen molar-refractivity contribution in [3.05, 3.63) is 64.3 Å². The van der Waals surface area contributed by atoms with Crippen molar-refractivity contribution in [2.75, 3.05) is 18.5 Å². The summed E-state index contributed by atoms with van der Waals surface area (Å²) >= 11 is 17.4. The largest absolute Gasteiger partial charge is 0.486 e. The Balaban J connectivity index is 1.42. The average molecular weight is 449 g/mol. The minimum absolute atomic E-state index is 0.0855. The van der Waals surface area contributed by atoms with E-state index in [9.17, 15) is 4.79 Å². The first-order valence-corrected chi connectivity index (χ1v) is 9.74. The van der Waals surface area contributed by atoms with Gasteiger partial charge in [0.1, 0.15) is 19.0 Å². The van der Waals surface area contributed by atoms with E-state index in [-0.39, 0.29) is 10.9 Å². The van der Waals surface area contributed by atoms with Crippen LogP contribution in [-0.2, 0) is 0 Å². The number of hydrogen-bond acceptors (Lipinski definition) is 5. The molecular weight excluding hydrogens is 435 g/mol. The molecule has 0 aliphatic carbocycles. The number of nitrogens with one attached hydrogen (secondary N) is 2. The van der Waals surface area contributed by atoms with Crippen LogP contribution in [0.1, 0.15) is 10.6 Å². The lowest BCUT2D eigenvalue weighted by Crippen LogP contribution is -2.33. The quantitative estimate of drug-likeness (QED) is 0.539. The van der Waals surface area contributed by atoms with E-state index >= 15 is 0 Å². The number of rotatable bonds is 3. The molecule has 0 bridgehead atoms. The van der Waals surface area contributed by atoms with Crippen molar-refractivity contribution < 1.29 is 18.7 Å². The summed E-state index contributed by atoms with van der Waals surface area (Å²) in [7, 11) is 0. The number of halogens is 2. The Hall–Kier alpha value is -2.74. The molecule has 1 aliphatic rings. The molecule has 2 heterocycles. The maximum Gasteiger partial charge on any atom is 0.293 e. The lowest BCUT2D eigenvalue weighted by Gasteiger charge is -2.19. The summed E-state index contributed by atoms with van der Waals surface area (Å²) in [5.41, 5.74) is 1.25. The third-order valence-electron chi connectivity index (χ3n) is 4.07. The number of furan rings is 1. The Kier molecular flexibility index (Phi) is 5.62. The van der Waals surface area contributed by atoms with Crippen LogP contribution in [0.15, 0.2) is 52.9 Å². The molecule has 0 saturated carbocycles. The zero-order valence-corrected chi connectivity index (χ0v) is 17.2. The lowest BCUT2D eigenvalue weighted by molar-refractivity contribution is 0.0951. The van der Waals surface area contributed by atoms with Crippen molar-refractivity contribution in [2.24, 2.45) is 0 Å². The van der Waals surface area contributed by atoms with Gasteiger partial charge in [-0.05, 0) is 48.6 Å². The Bertz CT molecular complexity index is 1100. The van der Waals surface area contributed by atoms with Crippen molar-refractivity contribution in [1.29, 1.82) is 0 Å². The summed E-state index contributed by atoms with van der Waals surface area (Å²) in [5, 5.41) is 6.37. The number of carbonyl (C=O) groups is 1. The van der Waals surface area contributed by atoms with Crippen molar-refractivity contribution >= 4 is 52.1 Å². The molecule has 4 rings (SSSR count). The highest BCUT2D eigenvalue weighted by atomic mass is 35.5. The number of benzene rings is 2. The Morgan fingerprint density at radius 1 is 1.00 bits per heavy atom. The van der Waals surface area contributed by atoms with Gasteiger partial charge < -0.3 is 19.2 Å². The third kappa shape index (κ3) is 4.32. The van der Waals surface area contributed by atoms with E-state index in [4.69, 9.17) is 49.3 Å². The highest BCUT2D eigenvalue weighted by molar-refractivity contribution is 7.80. The van der Waals surface area contributed by atoms with Crippen molar-refractivity contribution in [1.82, 2.24) is 5.32 Å². The van der Waals surface area contributed by atoms with E-state index in [0.29, 0.717) is 51.8 Å². The van der Waals surface area contributed by atoms with Crippen LogP contribution in [0.2, 0.25) is 10.0 Å². The molecule has 2 N–H and O–H groups in total. The zero-order valence-electron chi connectivity index (χ0n) is 14.8. The van der Waals surface area contributed by atoms with Crippen LogP contribution >= 0.6 is 35.4 Å². The fraction of sp³-hybridized carbons (Fsp3) is 0.100. The molecule has 29 heavy (non-hydrogen) atoms. The number of anilines is 1. The van der Waals surface area contributed by atoms with Gasteiger partial charge in [0.05, 0.1) is 10.0 Å². The summed E-state index contributed by atoms with van der Waals surface area (Å²) in [6.07, 6.45) is 0. The van der Waals surface area contributed by atoms with Gasteiger partial charge in [0, 0.05) is 17.3 Å². The predicted octanol–water partition coefficient (Wildman–Crippen LogP) is 5.15. The van der Waals surface area contributed by atoms with Crippen molar-refractivity contribution in [3.63, 3.8) is 0 Å². The monoisotopic (exact) mass is 448 g/mol. The van der Waals surface area contributed by atoms with Crippen LogP contribution in [-0.4, -0.2) is 24.2 Å². The average Bonchev–Trinajstić information content (AvgIpc) is 3.20. The smallest absolute Gasteiger partial charge is 0.293 e. The number of amides is 1. The number of carbonyl (C=O) groups excluding carboxylic acids is 1. The van der Waals surface area contributed by atoms with Gasteiger partial charge in [-0.1, -0.05) is 29.3 Å². The van der Waals surface area contributed by atoms with Crippen LogP contribution in [0, 0.1) is 0 Å². The third-order valence-corrected chi connectivity index (χ3v) is 5.10. The van der Waals surface area contributed by atoms with Gasteiger partial charge in [0.25, 0.3) is 5.91 Å². The zero-order chi connectivity index (χ0) is 20.4. The molecule has 148 valence electrons. The lowest BCUT2D eigenvalue weighted by atomic mass is 10.2. The number of hydrogen-bond donors (Lipinski definition) is 2. The summed E-state index contributed by atoms with van der Waals surface area (Å²) in [5.74, 6) is 1.30. The summed E-state index contributed by atoms with van der Waals surface area (Å²) < 4.78 is 16.6. The Morgan fingerprint density at radius 3 is 2.62 bits per heavy atom. The molecule has 0 spiro atoms. The fourth-order valence-electron chi connectivity index (χ4n) is 2.75. The second-order valence-electron chi connectivity index (χ2n) is 6.03. The predicted molar refractivity (Wildman–Crippen MR) is 115 cm³/mol. The first-order chi connectivity index (χ1) is 14.0. The normalized spacial score (nSPS) is 12.3. The standard InChI is InChI=1S/C20H14Cl2N2O4S/c21-13-3-1-2-12(18(13)22)14-6-7-16(28-14)19(25)24-20(29)23-11-4-5-15-17(10-11)27-9-8-26-15/h1-7,10H,8-9H2,(H2,23,24,25,29). The van der Waals surface area contributed by atoms with Gasteiger partial charge in [0.15, 0.2) is 22.4 Å². The molecule has 0 saturated heterocycles. The molecule has 0 fully saturated rings. The van der Waals surface area contributed by atoms with Gasteiger partial charge in [0.2, 0.25) is 0 Å². The molecule has 1 amide bonds. The van der Waals surface area contributed by atoms with Crippen molar-refractivity contribution in [2.45, 2.75) is 0 Å². The first kappa shape index (κ1) is 19.6. The van der Waals surface area contributed by atoms with Gasteiger partial charge in [-0.3, -0.25) is 10.1 Å². The van der Waals surface area contributed by atoms with E-state index in [0.717, 1.165) is 0 Å². The van der Waals surface area contributed by atoms with Gasteiger partial charge in [-0.2, -0.15) is 0 Å². The number of ether oxygens (including phenoxy) is 2. The summed E-state index contributed by atoms with van der Waals surface area (Å²) in [6, 6.07) is 13.7. The van der Waals surface area contributed by atoms with E-state index in [1.807, 2.05) is 0 Å². The number of thiocarbonyl (C=S) groups is 1. The maximum atomic E-state index is 12.4. The topological polar surface area (TPSA) is 72.7 Å². The Morgan fingerprint density at radius 2 is 1.79 bits per heavy atom. The number of fused-ring (bicyclic) bond motifs is 1. The Labute approximate surface area is 181 Å². The first-order valence-electron chi connectivity index (χ1n) is 8.57. The maximum absolute atomic E-state index is 12.4. The molecule has 9 heteroatoms. The van der Waals surface area contributed by atoms with Crippen molar-refractivity contribution in [3.8, 4) is 22.8 Å². The molecule has 1 aromatic heterocycles. The van der Waals surface area contributed by atoms with Crippen LogP contribution in [0.25, 0.3) is 11.3 Å². The summed E-state index contributed by atoms with van der Waals surface area (Å²) in [6.45, 7) is 0.995. The second-order valence-corrected chi connectivity index (χ2v) is 7.23. The van der Waals surface area contributed by atoms with Gasteiger partial charge in [-0.15, -0.1) is 0 Å². The van der Waals surface area contributed by atoms with Gasteiger partial charge in [-0.25, -0.2) is 0 Å². The SMILES string of the molecule is O=C(NC(=S)Nc1ccc2c(c1)OCCO2)c1ccc(-c2cccc(Cl)c2Cl)o1. The molecule has 3 aromatic rings. The van der Waals surface area contributed by atoms with E-state index in [1.165, 1.54) is 6.07 Å². The molecular formula is C20H14Cl2N2O4S. The van der Waals surface area contributed by atoms with E-state index in [2.05, 4.69) is 10.6 Å². The van der Waals surface area contributed by atoms with Crippen LogP contribution < -0.4 is 20.1 Å². The molecule has 1 aliphatic heterocycles. The van der Waals surface area contributed by atoms with Crippen LogP contribution in [0.3, 0.4) is 0 Å². The minimum Gasteiger partial charge on any atom is -0.486 e.